The van der Waals surface area contributed by atoms with Gasteiger partial charge in [-0.3, -0.25) is 4.79 Å². The summed E-state index contributed by atoms with van der Waals surface area (Å²) < 4.78 is 0. The van der Waals surface area contributed by atoms with Crippen molar-refractivity contribution in [1.82, 2.24) is 4.90 Å². The van der Waals surface area contributed by atoms with Crippen molar-refractivity contribution < 1.29 is 4.79 Å². The molecule has 0 unspecified atom stereocenters. The zero-order valence-corrected chi connectivity index (χ0v) is 11.7. The number of amidine groups is 1. The van der Waals surface area contributed by atoms with E-state index in [1.165, 1.54) is 0 Å². The summed E-state index contributed by atoms with van der Waals surface area (Å²) in [4.78, 5) is 18.3. The maximum atomic E-state index is 11.7. The Balaban J connectivity index is 1.96. The number of hydrogen-bond donors (Lipinski definition) is 0. The molecule has 0 amide bonds. The van der Waals surface area contributed by atoms with E-state index in [0.717, 1.165) is 27.7 Å². The first kappa shape index (κ1) is 12.2. The number of carbonyl (C=O) groups is 1. The molecule has 96 valence electrons. The van der Waals surface area contributed by atoms with Gasteiger partial charge in [0.15, 0.2) is 11.0 Å². The molecular formula is C15H14N2OS. The summed E-state index contributed by atoms with van der Waals surface area (Å²) >= 11 is 1.62. The van der Waals surface area contributed by atoms with Gasteiger partial charge in [-0.1, -0.05) is 42.1 Å². The fourth-order valence-corrected chi connectivity index (χ4v) is 3.22. The van der Waals surface area contributed by atoms with Crippen LogP contribution in [0.15, 0.2) is 52.0 Å². The highest BCUT2D eigenvalue weighted by atomic mass is 32.2. The molecule has 1 aromatic rings. The van der Waals surface area contributed by atoms with Gasteiger partial charge in [0.05, 0.1) is 12.2 Å². The molecule has 0 aromatic heterocycles. The Bertz CT molecular complexity index is 629. The van der Waals surface area contributed by atoms with E-state index < -0.39 is 0 Å². The van der Waals surface area contributed by atoms with Crippen LogP contribution in [-0.4, -0.2) is 22.4 Å². The monoisotopic (exact) mass is 270 g/mol. The molecule has 0 spiro atoms. The lowest BCUT2D eigenvalue weighted by Gasteiger charge is -2.27. The van der Waals surface area contributed by atoms with Gasteiger partial charge in [0.1, 0.15) is 0 Å². The number of thioether (sulfide) groups is 1. The highest BCUT2D eigenvalue weighted by molar-refractivity contribution is 8.16. The smallest absolute Gasteiger partial charge is 0.173 e. The lowest BCUT2D eigenvalue weighted by Crippen LogP contribution is -2.31. The van der Waals surface area contributed by atoms with E-state index in [9.17, 15) is 4.79 Å². The maximum absolute atomic E-state index is 11.7. The van der Waals surface area contributed by atoms with Gasteiger partial charge in [-0.15, -0.1) is 0 Å². The molecular weight excluding hydrogens is 256 g/mol. The molecule has 0 saturated carbocycles. The van der Waals surface area contributed by atoms with Gasteiger partial charge in [-0.2, -0.15) is 0 Å². The Morgan fingerprint density at radius 1 is 1.32 bits per heavy atom. The summed E-state index contributed by atoms with van der Waals surface area (Å²) in [7, 11) is 0. The van der Waals surface area contributed by atoms with E-state index in [-0.39, 0.29) is 5.78 Å². The predicted molar refractivity (Wildman–Crippen MR) is 79.5 cm³/mol. The number of rotatable bonds is 2. The molecule has 0 atom stereocenters. The van der Waals surface area contributed by atoms with Gasteiger partial charge in [0.25, 0.3) is 0 Å². The van der Waals surface area contributed by atoms with Crippen LogP contribution >= 0.6 is 11.8 Å². The van der Waals surface area contributed by atoms with E-state index in [0.29, 0.717) is 6.54 Å². The minimum Gasteiger partial charge on any atom is -0.315 e. The fourth-order valence-electron chi connectivity index (χ4n) is 2.26. The van der Waals surface area contributed by atoms with Crippen molar-refractivity contribution >= 4 is 28.4 Å². The van der Waals surface area contributed by atoms with Gasteiger partial charge in [0.2, 0.25) is 0 Å². The third-order valence-corrected chi connectivity index (χ3v) is 4.17. The van der Waals surface area contributed by atoms with Crippen molar-refractivity contribution in [3.05, 3.63) is 52.6 Å². The summed E-state index contributed by atoms with van der Waals surface area (Å²) in [6.07, 6.45) is 0. The van der Waals surface area contributed by atoms with E-state index in [4.69, 9.17) is 0 Å². The van der Waals surface area contributed by atoms with Crippen LogP contribution in [0.1, 0.15) is 19.4 Å². The van der Waals surface area contributed by atoms with Crippen molar-refractivity contribution in [1.29, 1.82) is 0 Å². The molecule has 3 rings (SSSR count). The van der Waals surface area contributed by atoms with Gasteiger partial charge in [-0.25, -0.2) is 4.99 Å². The summed E-state index contributed by atoms with van der Waals surface area (Å²) in [6.45, 7) is 4.13. The first-order valence-corrected chi connectivity index (χ1v) is 7.04. The van der Waals surface area contributed by atoms with Crippen molar-refractivity contribution in [2.24, 2.45) is 4.99 Å². The first-order chi connectivity index (χ1) is 9.16. The van der Waals surface area contributed by atoms with E-state index >= 15 is 0 Å². The van der Waals surface area contributed by atoms with Crippen molar-refractivity contribution in [2.45, 2.75) is 13.8 Å². The highest BCUT2D eigenvalue weighted by Crippen LogP contribution is 2.36. The lowest BCUT2D eigenvalue weighted by atomic mass is 10.1. The Morgan fingerprint density at radius 2 is 2.05 bits per heavy atom. The van der Waals surface area contributed by atoms with Crippen LogP contribution in [-0.2, 0) is 4.79 Å². The quantitative estimate of drug-likeness (QED) is 0.827. The molecule has 2 heterocycles. The second kappa shape index (κ2) is 4.70. The van der Waals surface area contributed by atoms with E-state index in [2.05, 4.69) is 27.4 Å². The molecule has 1 aromatic carbocycles. The number of Topliss-reactive ketones (excluding diaryl/α,β-unsaturated/α-hetero) is 1. The summed E-state index contributed by atoms with van der Waals surface area (Å²) in [5.74, 6) is 0.101. The van der Waals surface area contributed by atoms with Crippen LogP contribution < -0.4 is 0 Å². The normalized spacial score (nSPS) is 18.1. The number of benzene rings is 1. The molecule has 0 fully saturated rings. The second-order valence-electron chi connectivity index (χ2n) is 4.59. The second-order valence-corrected chi connectivity index (χ2v) is 5.42. The number of allylic oxidation sites excluding steroid dienone is 1. The van der Waals surface area contributed by atoms with Gasteiger partial charge >= 0.3 is 0 Å². The molecule has 0 bridgehead atoms. The molecule has 3 nitrogen and oxygen atoms in total. The Kier molecular flexibility index (Phi) is 3.03. The third kappa shape index (κ3) is 2.12. The first-order valence-electron chi connectivity index (χ1n) is 6.16. The average molecular weight is 270 g/mol. The molecule has 0 radical (unpaired) electrons. The largest absolute Gasteiger partial charge is 0.315 e. The Labute approximate surface area is 116 Å². The van der Waals surface area contributed by atoms with Crippen LogP contribution in [0.25, 0.3) is 5.70 Å². The Hall–Kier alpha value is -1.81. The minimum absolute atomic E-state index is 0.101. The highest BCUT2D eigenvalue weighted by Gasteiger charge is 2.29. The fraction of sp³-hybridized carbons (Fsp3) is 0.200. The molecule has 19 heavy (non-hydrogen) atoms. The number of nitrogens with zero attached hydrogens (tertiary/aromatic N) is 2. The Morgan fingerprint density at radius 3 is 2.74 bits per heavy atom. The molecule has 0 N–H and O–H groups in total. The van der Waals surface area contributed by atoms with E-state index in [1.54, 1.807) is 18.7 Å². The summed E-state index contributed by atoms with van der Waals surface area (Å²) in [5, 5.41) is 3.06. The van der Waals surface area contributed by atoms with Crippen molar-refractivity contribution in [2.75, 3.05) is 6.54 Å². The summed E-state index contributed by atoms with van der Waals surface area (Å²) in [5.41, 5.74) is 3.92. The standard InChI is InChI=1S/C15H14N2OS/c1-10-13(11(2)18)8-17-14(9-19-15(17)16-10)12-6-4-3-5-7-12/h3-7,9H,8H2,1-2H3. The topological polar surface area (TPSA) is 32.7 Å². The molecule has 2 aliphatic rings. The van der Waals surface area contributed by atoms with Crippen LogP contribution in [0, 0.1) is 0 Å². The number of carbonyl (C=O) groups excluding carboxylic acids is 1. The van der Waals surface area contributed by atoms with Gasteiger partial charge in [0, 0.05) is 16.7 Å². The van der Waals surface area contributed by atoms with Crippen LogP contribution in [0.2, 0.25) is 0 Å². The number of hydrogen-bond acceptors (Lipinski definition) is 4. The summed E-state index contributed by atoms with van der Waals surface area (Å²) in [6, 6.07) is 10.2. The molecule has 0 saturated heterocycles. The SMILES string of the molecule is CC(=O)C1=C(C)N=C2SC=C(c3ccccc3)N2C1. The van der Waals surface area contributed by atoms with Crippen LogP contribution in [0.5, 0.6) is 0 Å². The maximum Gasteiger partial charge on any atom is 0.173 e. The molecule has 2 aliphatic heterocycles. The lowest BCUT2D eigenvalue weighted by molar-refractivity contribution is -0.113. The van der Waals surface area contributed by atoms with E-state index in [1.807, 2.05) is 25.1 Å². The average Bonchev–Trinajstić information content (AvgIpc) is 2.81. The van der Waals surface area contributed by atoms with Crippen molar-refractivity contribution in [3.63, 3.8) is 0 Å². The zero-order valence-electron chi connectivity index (χ0n) is 10.9. The third-order valence-electron chi connectivity index (χ3n) is 3.31. The van der Waals surface area contributed by atoms with Crippen LogP contribution in [0.3, 0.4) is 0 Å². The van der Waals surface area contributed by atoms with Crippen molar-refractivity contribution in [3.8, 4) is 0 Å². The zero-order chi connectivity index (χ0) is 13.4. The minimum atomic E-state index is 0.101. The predicted octanol–water partition coefficient (Wildman–Crippen LogP) is 3.27. The number of ketones is 1. The number of aliphatic imine (C=N–C) groups is 1. The van der Waals surface area contributed by atoms with Gasteiger partial charge < -0.3 is 4.90 Å². The van der Waals surface area contributed by atoms with Gasteiger partial charge in [-0.05, 0) is 19.4 Å². The molecule has 0 aliphatic carbocycles. The number of fused-ring (bicyclic) bond motifs is 1. The van der Waals surface area contributed by atoms with Crippen LogP contribution in [0.4, 0.5) is 0 Å². The molecule has 4 heteroatoms.